The van der Waals surface area contributed by atoms with Crippen LogP contribution in [0.2, 0.25) is 5.02 Å². The largest absolute Gasteiger partial charge is 0.396 e. The number of nitrogens with one attached hydrogen (secondary N) is 1. The van der Waals surface area contributed by atoms with Crippen molar-refractivity contribution in [3.05, 3.63) is 53.3 Å². The van der Waals surface area contributed by atoms with E-state index in [1.54, 1.807) is 31.5 Å². The Hall–Kier alpha value is -1.95. The first-order chi connectivity index (χ1) is 11.5. The quantitative estimate of drug-likeness (QED) is 0.807. The molecule has 1 amide bonds. The van der Waals surface area contributed by atoms with Gasteiger partial charge in [0.15, 0.2) is 0 Å². The van der Waals surface area contributed by atoms with Gasteiger partial charge in [0.1, 0.15) is 0 Å². The Morgan fingerprint density at radius 3 is 2.62 bits per heavy atom. The smallest absolute Gasteiger partial charge is 0.253 e. The topological polar surface area (TPSA) is 71.5 Å². The minimum absolute atomic E-state index is 0.0385. The number of halogens is 1. The van der Waals surface area contributed by atoms with Crippen molar-refractivity contribution in [2.45, 2.75) is 18.9 Å². The average Bonchev–Trinajstić information content (AvgIpc) is 2.56. The number of carbonyl (C=O) groups is 1. The van der Waals surface area contributed by atoms with E-state index in [0.717, 1.165) is 11.1 Å². The summed E-state index contributed by atoms with van der Waals surface area (Å²) in [6.07, 6.45) is 3.61. The third-order valence-electron chi connectivity index (χ3n) is 3.72. The Bertz CT molecular complexity index is 683. The van der Waals surface area contributed by atoms with Crippen LogP contribution in [0.15, 0.2) is 42.7 Å². The highest BCUT2D eigenvalue weighted by Gasteiger charge is 2.26. The summed E-state index contributed by atoms with van der Waals surface area (Å²) >= 11 is 5.90. The second-order valence-electron chi connectivity index (χ2n) is 5.89. The predicted molar refractivity (Wildman–Crippen MR) is 94.1 cm³/mol. The van der Waals surface area contributed by atoms with Gasteiger partial charge in [0.25, 0.3) is 5.91 Å². The van der Waals surface area contributed by atoms with E-state index in [9.17, 15) is 9.90 Å². The van der Waals surface area contributed by atoms with E-state index in [4.69, 9.17) is 16.3 Å². The van der Waals surface area contributed by atoms with Crippen molar-refractivity contribution in [3.8, 4) is 11.1 Å². The molecule has 6 heteroatoms. The van der Waals surface area contributed by atoms with Crippen LogP contribution in [0.5, 0.6) is 0 Å². The van der Waals surface area contributed by atoms with Gasteiger partial charge in [0, 0.05) is 36.7 Å². The van der Waals surface area contributed by atoms with Crippen molar-refractivity contribution in [2.75, 3.05) is 20.3 Å². The molecule has 0 saturated heterocycles. The van der Waals surface area contributed by atoms with Gasteiger partial charge in [-0.2, -0.15) is 0 Å². The summed E-state index contributed by atoms with van der Waals surface area (Å²) in [6.45, 7) is 2.11. The molecule has 1 heterocycles. The molecule has 0 saturated carbocycles. The van der Waals surface area contributed by atoms with Crippen LogP contribution in [0.3, 0.4) is 0 Å². The fourth-order valence-corrected chi connectivity index (χ4v) is 2.57. The van der Waals surface area contributed by atoms with Gasteiger partial charge < -0.3 is 15.2 Å². The monoisotopic (exact) mass is 348 g/mol. The van der Waals surface area contributed by atoms with Crippen molar-refractivity contribution < 1.29 is 14.6 Å². The standard InChI is InChI=1S/C18H21ClN2O3/c1-18(7-8-22,12-24-2)21-17(23)15-9-14(10-20-11-15)13-3-5-16(19)6-4-13/h3-6,9-11,22H,7-8,12H2,1-2H3,(H,21,23). The number of hydrogen-bond acceptors (Lipinski definition) is 4. The molecule has 0 spiro atoms. The highest BCUT2D eigenvalue weighted by Crippen LogP contribution is 2.22. The number of benzene rings is 1. The summed E-state index contributed by atoms with van der Waals surface area (Å²) in [4.78, 5) is 16.7. The van der Waals surface area contributed by atoms with E-state index in [0.29, 0.717) is 23.6 Å². The molecule has 0 radical (unpaired) electrons. The van der Waals surface area contributed by atoms with E-state index in [-0.39, 0.29) is 12.5 Å². The number of ether oxygens (including phenoxy) is 1. The fourth-order valence-electron chi connectivity index (χ4n) is 2.45. The highest BCUT2D eigenvalue weighted by atomic mass is 35.5. The van der Waals surface area contributed by atoms with Crippen LogP contribution in [0.1, 0.15) is 23.7 Å². The number of methoxy groups -OCH3 is 1. The van der Waals surface area contributed by atoms with Crippen LogP contribution in [-0.4, -0.2) is 41.9 Å². The summed E-state index contributed by atoms with van der Waals surface area (Å²) in [5.41, 5.74) is 1.56. The molecule has 0 aliphatic carbocycles. The number of aliphatic hydroxyl groups is 1. The van der Waals surface area contributed by atoms with Crippen LogP contribution < -0.4 is 5.32 Å². The molecule has 0 aliphatic heterocycles. The molecular weight excluding hydrogens is 328 g/mol. The highest BCUT2D eigenvalue weighted by molar-refractivity contribution is 6.30. The van der Waals surface area contributed by atoms with Crippen LogP contribution in [0, 0.1) is 0 Å². The molecule has 1 aromatic carbocycles. The van der Waals surface area contributed by atoms with Gasteiger partial charge in [-0.15, -0.1) is 0 Å². The van der Waals surface area contributed by atoms with E-state index >= 15 is 0 Å². The molecule has 128 valence electrons. The first-order valence-electron chi connectivity index (χ1n) is 7.61. The molecular formula is C18H21ClN2O3. The molecule has 0 fully saturated rings. The van der Waals surface area contributed by atoms with Gasteiger partial charge in [-0.05, 0) is 37.1 Å². The number of rotatable bonds is 7. The molecule has 2 rings (SSSR count). The number of amides is 1. The number of carbonyl (C=O) groups excluding carboxylic acids is 1. The molecule has 1 atom stereocenters. The Balaban J connectivity index is 2.21. The summed E-state index contributed by atoms with van der Waals surface area (Å²) in [7, 11) is 1.56. The van der Waals surface area contributed by atoms with Gasteiger partial charge in [-0.25, -0.2) is 0 Å². The minimum atomic E-state index is -0.642. The number of aliphatic hydroxyl groups excluding tert-OH is 1. The van der Waals surface area contributed by atoms with Gasteiger partial charge >= 0.3 is 0 Å². The maximum Gasteiger partial charge on any atom is 0.253 e. The summed E-state index contributed by atoms with van der Waals surface area (Å²) in [5.74, 6) is -0.258. The first kappa shape index (κ1) is 18.4. The minimum Gasteiger partial charge on any atom is -0.396 e. The van der Waals surface area contributed by atoms with Crippen molar-refractivity contribution in [1.29, 1.82) is 0 Å². The third kappa shape index (κ3) is 4.77. The normalized spacial score (nSPS) is 13.3. The fraction of sp³-hybridized carbons (Fsp3) is 0.333. The van der Waals surface area contributed by atoms with E-state index in [1.807, 2.05) is 19.1 Å². The van der Waals surface area contributed by atoms with Crippen LogP contribution in [-0.2, 0) is 4.74 Å². The lowest BCUT2D eigenvalue weighted by Gasteiger charge is -2.29. The lowest BCUT2D eigenvalue weighted by atomic mass is 9.98. The summed E-state index contributed by atoms with van der Waals surface area (Å²) in [5, 5.41) is 12.8. The van der Waals surface area contributed by atoms with Crippen LogP contribution >= 0.6 is 11.6 Å². The zero-order valence-electron chi connectivity index (χ0n) is 13.8. The third-order valence-corrected chi connectivity index (χ3v) is 3.97. The molecule has 1 aromatic heterocycles. The zero-order chi connectivity index (χ0) is 17.6. The Labute approximate surface area is 146 Å². The zero-order valence-corrected chi connectivity index (χ0v) is 14.5. The van der Waals surface area contributed by atoms with E-state index in [2.05, 4.69) is 10.3 Å². The molecule has 0 aliphatic rings. The number of aromatic nitrogens is 1. The van der Waals surface area contributed by atoms with Crippen LogP contribution in [0.4, 0.5) is 0 Å². The second kappa shape index (κ2) is 8.24. The van der Waals surface area contributed by atoms with Crippen molar-refractivity contribution >= 4 is 17.5 Å². The number of nitrogens with zero attached hydrogens (tertiary/aromatic N) is 1. The second-order valence-corrected chi connectivity index (χ2v) is 6.33. The summed E-state index contributed by atoms with van der Waals surface area (Å²) < 4.78 is 5.15. The Morgan fingerprint density at radius 2 is 2.00 bits per heavy atom. The predicted octanol–water partition coefficient (Wildman–Crippen LogP) is 2.92. The van der Waals surface area contributed by atoms with Crippen molar-refractivity contribution in [2.24, 2.45) is 0 Å². The Morgan fingerprint density at radius 1 is 1.29 bits per heavy atom. The maximum atomic E-state index is 12.5. The molecule has 5 nitrogen and oxygen atoms in total. The van der Waals surface area contributed by atoms with Gasteiger partial charge in [-0.3, -0.25) is 9.78 Å². The molecule has 1 unspecified atom stereocenters. The van der Waals surface area contributed by atoms with Gasteiger partial charge in [0.2, 0.25) is 0 Å². The summed E-state index contributed by atoms with van der Waals surface area (Å²) in [6, 6.07) is 9.11. The molecule has 2 N–H and O–H groups in total. The van der Waals surface area contributed by atoms with E-state index in [1.165, 1.54) is 6.20 Å². The molecule has 2 aromatic rings. The lowest BCUT2D eigenvalue weighted by molar-refractivity contribution is 0.0725. The molecule has 24 heavy (non-hydrogen) atoms. The van der Waals surface area contributed by atoms with E-state index < -0.39 is 5.54 Å². The first-order valence-corrected chi connectivity index (χ1v) is 7.98. The van der Waals surface area contributed by atoms with Crippen molar-refractivity contribution in [1.82, 2.24) is 10.3 Å². The average molecular weight is 349 g/mol. The lowest BCUT2D eigenvalue weighted by Crippen LogP contribution is -2.50. The number of pyridine rings is 1. The molecule has 0 bridgehead atoms. The van der Waals surface area contributed by atoms with Crippen LogP contribution in [0.25, 0.3) is 11.1 Å². The number of hydrogen-bond donors (Lipinski definition) is 2. The van der Waals surface area contributed by atoms with Crippen molar-refractivity contribution in [3.63, 3.8) is 0 Å². The van der Waals surface area contributed by atoms with Gasteiger partial charge in [-0.1, -0.05) is 23.7 Å². The SMILES string of the molecule is COCC(C)(CCO)NC(=O)c1cncc(-c2ccc(Cl)cc2)c1. The maximum absolute atomic E-state index is 12.5. The van der Waals surface area contributed by atoms with Gasteiger partial charge in [0.05, 0.1) is 17.7 Å². The Kier molecular flexibility index (Phi) is 6.31.